The number of unbranched alkanes of at least 4 members (excludes halogenated alkanes) is 6. The van der Waals surface area contributed by atoms with Crippen molar-refractivity contribution >= 4 is 11.6 Å². The highest BCUT2D eigenvalue weighted by Gasteiger charge is 2.07. The van der Waals surface area contributed by atoms with E-state index in [2.05, 4.69) is 25.2 Å². The second-order valence-electron chi connectivity index (χ2n) is 5.67. The highest BCUT2D eigenvalue weighted by atomic mass is 35.5. The van der Waals surface area contributed by atoms with Crippen LogP contribution in [0.3, 0.4) is 0 Å². The number of halogens is 1. The molecule has 0 spiro atoms. The highest BCUT2D eigenvalue weighted by molar-refractivity contribution is 6.32. The molecule has 0 aliphatic rings. The van der Waals surface area contributed by atoms with E-state index in [1.165, 1.54) is 44.1 Å². The van der Waals surface area contributed by atoms with Gasteiger partial charge < -0.3 is 10.1 Å². The van der Waals surface area contributed by atoms with Crippen LogP contribution in [0.15, 0.2) is 18.2 Å². The minimum Gasteiger partial charge on any atom is -0.492 e. The van der Waals surface area contributed by atoms with Gasteiger partial charge in [0.25, 0.3) is 0 Å². The summed E-state index contributed by atoms with van der Waals surface area (Å²) in [5.74, 6) is 0.801. The predicted molar refractivity (Wildman–Crippen MR) is 92.4 cm³/mol. The molecule has 0 bridgehead atoms. The first-order valence-corrected chi connectivity index (χ1v) is 8.66. The fourth-order valence-corrected chi connectivity index (χ4v) is 2.55. The van der Waals surface area contributed by atoms with E-state index in [4.69, 9.17) is 16.3 Å². The Labute approximate surface area is 135 Å². The summed E-state index contributed by atoms with van der Waals surface area (Å²) in [6.45, 7) is 5.12. The lowest BCUT2D eigenvalue weighted by Gasteiger charge is -2.13. The van der Waals surface area contributed by atoms with E-state index in [1.54, 1.807) is 0 Å². The summed E-state index contributed by atoms with van der Waals surface area (Å²) in [4.78, 5) is 0. The SMILES string of the molecule is CCCCCCCCCOc1ccc(C(C)NC)cc1Cl. The monoisotopic (exact) mass is 311 g/mol. The summed E-state index contributed by atoms with van der Waals surface area (Å²) in [7, 11) is 1.95. The zero-order valence-electron chi connectivity index (χ0n) is 13.8. The van der Waals surface area contributed by atoms with E-state index in [0.29, 0.717) is 11.1 Å². The van der Waals surface area contributed by atoms with Crippen molar-refractivity contribution in [1.82, 2.24) is 5.32 Å². The number of nitrogens with one attached hydrogen (secondary N) is 1. The Bertz CT molecular complexity index is 395. The maximum atomic E-state index is 6.27. The van der Waals surface area contributed by atoms with Crippen LogP contribution in [0.1, 0.15) is 70.4 Å². The maximum absolute atomic E-state index is 6.27. The van der Waals surface area contributed by atoms with Gasteiger partial charge in [-0.2, -0.15) is 0 Å². The Morgan fingerprint density at radius 2 is 1.76 bits per heavy atom. The van der Waals surface area contributed by atoms with Gasteiger partial charge in [-0.15, -0.1) is 0 Å². The predicted octanol–water partition coefficient (Wildman–Crippen LogP) is 5.75. The molecule has 0 radical (unpaired) electrons. The number of hydrogen-bond acceptors (Lipinski definition) is 2. The first-order valence-electron chi connectivity index (χ1n) is 8.28. The zero-order chi connectivity index (χ0) is 15.5. The average Bonchev–Trinajstić information content (AvgIpc) is 2.50. The number of hydrogen-bond donors (Lipinski definition) is 1. The van der Waals surface area contributed by atoms with Gasteiger partial charge in [0.1, 0.15) is 5.75 Å². The molecule has 1 N–H and O–H groups in total. The molecule has 1 unspecified atom stereocenters. The molecule has 0 aliphatic heterocycles. The Kier molecular flexibility index (Phi) is 9.53. The molecule has 0 aliphatic carbocycles. The minimum absolute atomic E-state index is 0.305. The third-order valence-electron chi connectivity index (χ3n) is 3.89. The van der Waals surface area contributed by atoms with Crippen molar-refractivity contribution in [2.45, 2.75) is 64.8 Å². The maximum Gasteiger partial charge on any atom is 0.137 e. The molecule has 1 aromatic carbocycles. The van der Waals surface area contributed by atoms with Crippen molar-refractivity contribution in [2.75, 3.05) is 13.7 Å². The van der Waals surface area contributed by atoms with Crippen molar-refractivity contribution in [3.63, 3.8) is 0 Å². The van der Waals surface area contributed by atoms with Crippen LogP contribution in [0, 0.1) is 0 Å². The third-order valence-corrected chi connectivity index (χ3v) is 4.19. The summed E-state index contributed by atoms with van der Waals surface area (Å²) in [6, 6.07) is 6.35. The fraction of sp³-hybridized carbons (Fsp3) is 0.667. The molecule has 0 amide bonds. The lowest BCUT2D eigenvalue weighted by atomic mass is 10.1. The smallest absolute Gasteiger partial charge is 0.137 e. The van der Waals surface area contributed by atoms with E-state index < -0.39 is 0 Å². The summed E-state index contributed by atoms with van der Waals surface area (Å²) >= 11 is 6.27. The second-order valence-corrected chi connectivity index (χ2v) is 6.08. The van der Waals surface area contributed by atoms with Crippen LogP contribution >= 0.6 is 11.6 Å². The lowest BCUT2D eigenvalue weighted by Crippen LogP contribution is -2.12. The summed E-state index contributed by atoms with van der Waals surface area (Å²) in [5, 5.41) is 3.92. The fourth-order valence-electron chi connectivity index (χ4n) is 2.31. The topological polar surface area (TPSA) is 21.3 Å². The molecule has 120 valence electrons. The zero-order valence-corrected chi connectivity index (χ0v) is 14.5. The number of rotatable bonds is 11. The molecule has 1 rings (SSSR count). The van der Waals surface area contributed by atoms with Crippen LogP contribution in [0.25, 0.3) is 0 Å². The molecule has 3 heteroatoms. The van der Waals surface area contributed by atoms with Crippen molar-refractivity contribution in [3.05, 3.63) is 28.8 Å². The van der Waals surface area contributed by atoms with E-state index in [0.717, 1.165) is 18.8 Å². The van der Waals surface area contributed by atoms with Gasteiger partial charge in [0.2, 0.25) is 0 Å². The number of benzene rings is 1. The standard InChI is InChI=1S/C18H30ClNO/c1-4-5-6-7-8-9-10-13-21-18-12-11-16(14-17(18)19)15(2)20-3/h11-12,14-15,20H,4-10,13H2,1-3H3. The molecule has 0 fully saturated rings. The molecule has 1 aromatic rings. The summed E-state index contributed by atoms with van der Waals surface area (Å²) in [6.07, 6.45) is 9.07. The van der Waals surface area contributed by atoms with Crippen LogP contribution in [0.4, 0.5) is 0 Å². The van der Waals surface area contributed by atoms with Gasteiger partial charge >= 0.3 is 0 Å². The van der Waals surface area contributed by atoms with Crippen molar-refractivity contribution in [1.29, 1.82) is 0 Å². The first kappa shape index (κ1) is 18.3. The molecule has 2 nitrogen and oxygen atoms in total. The average molecular weight is 312 g/mol. The highest BCUT2D eigenvalue weighted by Crippen LogP contribution is 2.28. The molecular formula is C18H30ClNO. The Morgan fingerprint density at radius 1 is 1.10 bits per heavy atom. The van der Waals surface area contributed by atoms with Gasteiger partial charge in [-0.3, -0.25) is 0 Å². The summed E-state index contributed by atoms with van der Waals surface area (Å²) < 4.78 is 5.78. The van der Waals surface area contributed by atoms with Gasteiger partial charge in [-0.25, -0.2) is 0 Å². The Hall–Kier alpha value is -0.730. The van der Waals surface area contributed by atoms with Gasteiger partial charge in [-0.05, 0) is 38.1 Å². The Morgan fingerprint density at radius 3 is 2.38 bits per heavy atom. The van der Waals surface area contributed by atoms with Gasteiger partial charge in [0.15, 0.2) is 0 Å². The van der Waals surface area contributed by atoms with Crippen LogP contribution in [0.5, 0.6) is 5.75 Å². The van der Waals surface area contributed by atoms with E-state index in [-0.39, 0.29) is 0 Å². The number of ether oxygens (including phenoxy) is 1. The van der Waals surface area contributed by atoms with E-state index >= 15 is 0 Å². The summed E-state index contributed by atoms with van der Waals surface area (Å²) in [5.41, 5.74) is 1.19. The van der Waals surface area contributed by atoms with Crippen molar-refractivity contribution < 1.29 is 4.74 Å². The van der Waals surface area contributed by atoms with Gasteiger partial charge in [0.05, 0.1) is 11.6 Å². The van der Waals surface area contributed by atoms with Crippen LogP contribution in [-0.2, 0) is 0 Å². The van der Waals surface area contributed by atoms with E-state index in [1.807, 2.05) is 19.2 Å². The van der Waals surface area contributed by atoms with Gasteiger partial charge in [0, 0.05) is 6.04 Å². The largest absolute Gasteiger partial charge is 0.492 e. The van der Waals surface area contributed by atoms with Crippen LogP contribution in [-0.4, -0.2) is 13.7 Å². The molecule has 0 saturated carbocycles. The molecule has 0 saturated heterocycles. The van der Waals surface area contributed by atoms with Crippen LogP contribution < -0.4 is 10.1 Å². The minimum atomic E-state index is 0.305. The van der Waals surface area contributed by atoms with Crippen molar-refractivity contribution in [2.24, 2.45) is 0 Å². The molecule has 1 atom stereocenters. The lowest BCUT2D eigenvalue weighted by molar-refractivity contribution is 0.304. The molecule has 21 heavy (non-hydrogen) atoms. The third kappa shape index (κ3) is 7.19. The van der Waals surface area contributed by atoms with Crippen molar-refractivity contribution in [3.8, 4) is 5.75 Å². The van der Waals surface area contributed by atoms with Gasteiger partial charge in [-0.1, -0.05) is 63.1 Å². The second kappa shape index (κ2) is 10.9. The normalized spacial score (nSPS) is 12.4. The molecule has 0 heterocycles. The quantitative estimate of drug-likeness (QED) is 0.525. The molecule has 0 aromatic heterocycles. The first-order chi connectivity index (χ1) is 10.2. The van der Waals surface area contributed by atoms with E-state index in [9.17, 15) is 0 Å². The Balaban J connectivity index is 2.23. The molecular weight excluding hydrogens is 282 g/mol. The van der Waals surface area contributed by atoms with Crippen LogP contribution in [0.2, 0.25) is 5.02 Å².